The third kappa shape index (κ3) is 4.93. The third-order valence-electron chi connectivity index (χ3n) is 3.25. The summed E-state index contributed by atoms with van der Waals surface area (Å²) in [5.74, 6) is -0.682. The highest BCUT2D eigenvalue weighted by atomic mass is 32.2. The van der Waals surface area contributed by atoms with Crippen molar-refractivity contribution in [2.45, 2.75) is 25.1 Å². The Balaban J connectivity index is 1.95. The van der Waals surface area contributed by atoms with Gasteiger partial charge in [0.15, 0.2) is 0 Å². The molecular weight excluding hydrogens is 339 g/mol. The van der Waals surface area contributed by atoms with Gasteiger partial charge in [-0.1, -0.05) is 0 Å². The van der Waals surface area contributed by atoms with Crippen LogP contribution in [-0.2, 0) is 10.0 Å². The third-order valence-corrected chi connectivity index (χ3v) is 5.09. The zero-order chi connectivity index (χ0) is 17.1. The monoisotopic (exact) mass is 355 g/mol. The fourth-order valence-electron chi connectivity index (χ4n) is 2.11. The van der Waals surface area contributed by atoms with E-state index in [1.807, 2.05) is 0 Å². The average molecular weight is 355 g/mol. The van der Waals surface area contributed by atoms with Crippen LogP contribution >= 0.6 is 0 Å². The molecule has 130 valence electrons. The van der Waals surface area contributed by atoms with E-state index in [1.165, 1.54) is 19.5 Å². The molecule has 0 aliphatic carbocycles. The molecule has 1 unspecified atom stereocenters. The second-order valence-electron chi connectivity index (χ2n) is 4.94. The Morgan fingerprint density at radius 3 is 2.57 bits per heavy atom. The molecule has 0 radical (unpaired) electrons. The molecule has 1 fully saturated rings. The number of hydrogen-bond donors (Lipinski definition) is 0. The van der Waals surface area contributed by atoms with E-state index in [0.717, 1.165) is 4.31 Å². The van der Waals surface area contributed by atoms with Gasteiger partial charge in [-0.15, -0.1) is 0 Å². The molecule has 1 aromatic heterocycles. The van der Waals surface area contributed by atoms with E-state index in [1.54, 1.807) is 0 Å². The molecule has 0 saturated carbocycles. The fourth-order valence-corrected chi connectivity index (χ4v) is 3.64. The summed E-state index contributed by atoms with van der Waals surface area (Å²) in [5.41, 5.74) is 0. The van der Waals surface area contributed by atoms with Crippen molar-refractivity contribution >= 4 is 10.0 Å². The smallest absolute Gasteiger partial charge is 0.390 e. The summed E-state index contributed by atoms with van der Waals surface area (Å²) in [4.78, 5) is 7.84. The fraction of sp³-hybridized carbons (Fsp3) is 0.667. The van der Waals surface area contributed by atoms with Gasteiger partial charge in [0.2, 0.25) is 10.0 Å². The van der Waals surface area contributed by atoms with Gasteiger partial charge >= 0.3 is 6.18 Å². The lowest BCUT2D eigenvalue weighted by atomic mass is 10.3. The van der Waals surface area contributed by atoms with Crippen LogP contribution in [0.25, 0.3) is 0 Å². The Hall–Kier alpha value is -1.62. The van der Waals surface area contributed by atoms with Crippen molar-refractivity contribution in [2.24, 2.45) is 0 Å². The van der Waals surface area contributed by atoms with Gasteiger partial charge in [0, 0.05) is 18.9 Å². The summed E-state index contributed by atoms with van der Waals surface area (Å²) < 4.78 is 71.9. The highest BCUT2D eigenvalue weighted by molar-refractivity contribution is 7.89. The van der Waals surface area contributed by atoms with Crippen LogP contribution in [0.1, 0.15) is 12.8 Å². The van der Waals surface area contributed by atoms with Gasteiger partial charge < -0.3 is 9.47 Å². The molecule has 7 nitrogen and oxygen atoms in total. The van der Waals surface area contributed by atoms with Gasteiger partial charge in [0.1, 0.15) is 6.10 Å². The van der Waals surface area contributed by atoms with Gasteiger partial charge in [-0.25, -0.2) is 18.4 Å². The minimum absolute atomic E-state index is 0.0279. The molecule has 1 aromatic rings. The van der Waals surface area contributed by atoms with Crippen LogP contribution in [0.2, 0.25) is 0 Å². The van der Waals surface area contributed by atoms with E-state index >= 15 is 0 Å². The van der Waals surface area contributed by atoms with Gasteiger partial charge in [0.05, 0.1) is 25.8 Å². The first-order valence-corrected chi connectivity index (χ1v) is 8.38. The zero-order valence-corrected chi connectivity index (χ0v) is 13.1. The minimum Gasteiger partial charge on any atom is -0.477 e. The lowest BCUT2D eigenvalue weighted by Crippen LogP contribution is -2.34. The molecule has 2 rings (SSSR count). The van der Waals surface area contributed by atoms with Crippen molar-refractivity contribution in [3.8, 4) is 11.8 Å². The first-order valence-electron chi connectivity index (χ1n) is 6.77. The van der Waals surface area contributed by atoms with E-state index in [2.05, 4.69) is 9.97 Å². The number of nitrogens with zero attached hydrogens (tertiary/aromatic N) is 3. The van der Waals surface area contributed by atoms with Crippen molar-refractivity contribution in [2.75, 3.05) is 26.0 Å². The lowest BCUT2D eigenvalue weighted by molar-refractivity contribution is -0.130. The number of ether oxygens (including phenoxy) is 2. The molecule has 0 bridgehead atoms. The molecule has 0 aromatic carbocycles. The summed E-state index contributed by atoms with van der Waals surface area (Å²) in [7, 11) is -2.58. The van der Waals surface area contributed by atoms with E-state index < -0.39 is 34.5 Å². The van der Waals surface area contributed by atoms with Crippen molar-refractivity contribution in [1.82, 2.24) is 14.3 Å². The minimum atomic E-state index is -4.50. The Bertz CT molecular complexity index is 639. The maximum atomic E-state index is 12.2. The molecule has 11 heteroatoms. The Kier molecular flexibility index (Phi) is 5.30. The molecule has 0 spiro atoms. The second kappa shape index (κ2) is 6.87. The first-order chi connectivity index (χ1) is 10.7. The van der Waals surface area contributed by atoms with Crippen molar-refractivity contribution in [1.29, 1.82) is 0 Å². The van der Waals surface area contributed by atoms with Crippen molar-refractivity contribution in [3.05, 3.63) is 12.4 Å². The van der Waals surface area contributed by atoms with Crippen LogP contribution in [0.4, 0.5) is 13.2 Å². The Morgan fingerprint density at radius 1 is 1.30 bits per heavy atom. The van der Waals surface area contributed by atoms with E-state index in [0.29, 0.717) is 6.42 Å². The largest absolute Gasteiger partial charge is 0.477 e. The zero-order valence-electron chi connectivity index (χ0n) is 12.3. The Morgan fingerprint density at radius 2 is 1.96 bits per heavy atom. The lowest BCUT2D eigenvalue weighted by Gasteiger charge is -2.17. The predicted molar refractivity (Wildman–Crippen MR) is 73.6 cm³/mol. The molecule has 0 amide bonds. The topological polar surface area (TPSA) is 81.6 Å². The summed E-state index contributed by atoms with van der Waals surface area (Å²) in [6.45, 7) is 0.0767. The van der Waals surface area contributed by atoms with Crippen LogP contribution in [0, 0.1) is 0 Å². The first kappa shape index (κ1) is 17.7. The molecule has 2 heterocycles. The highest BCUT2D eigenvalue weighted by Crippen LogP contribution is 2.26. The maximum absolute atomic E-state index is 12.2. The van der Waals surface area contributed by atoms with Crippen LogP contribution in [0.3, 0.4) is 0 Å². The van der Waals surface area contributed by atoms with Gasteiger partial charge in [-0.05, 0) is 6.42 Å². The van der Waals surface area contributed by atoms with E-state index in [9.17, 15) is 21.6 Å². The molecule has 23 heavy (non-hydrogen) atoms. The molecular formula is C12H16F3N3O4S. The maximum Gasteiger partial charge on any atom is 0.390 e. The van der Waals surface area contributed by atoms with Crippen LogP contribution in [-0.4, -0.2) is 60.9 Å². The quantitative estimate of drug-likeness (QED) is 0.763. The number of halogens is 3. The molecule has 1 aliphatic heterocycles. The van der Waals surface area contributed by atoms with Gasteiger partial charge in [0.25, 0.3) is 11.8 Å². The molecule has 1 aliphatic rings. The number of hydrogen-bond acceptors (Lipinski definition) is 6. The van der Waals surface area contributed by atoms with Crippen LogP contribution < -0.4 is 9.47 Å². The number of aromatic nitrogens is 2. The Labute approximate surface area is 131 Å². The highest BCUT2D eigenvalue weighted by Gasteiger charge is 2.36. The van der Waals surface area contributed by atoms with Gasteiger partial charge in [-0.2, -0.15) is 17.5 Å². The van der Waals surface area contributed by atoms with Crippen molar-refractivity contribution in [3.63, 3.8) is 0 Å². The van der Waals surface area contributed by atoms with E-state index in [4.69, 9.17) is 9.47 Å². The number of sulfonamides is 1. The normalized spacial score (nSPS) is 19.7. The molecule has 1 atom stereocenters. The molecule has 1 saturated heterocycles. The standard InChI is InChI=1S/C12H16F3N3O4S/c1-21-10-11(17-5-4-16-10)22-9-2-6-18(8-9)23(19,20)7-3-12(13,14)15/h4-5,9H,2-3,6-8H2,1H3. The SMILES string of the molecule is COc1nccnc1OC1CCN(S(=O)(=O)CCC(F)(F)F)C1. The summed E-state index contributed by atoms with van der Waals surface area (Å²) in [6.07, 6.45) is -3.23. The van der Waals surface area contributed by atoms with Gasteiger partial charge in [-0.3, -0.25) is 0 Å². The van der Waals surface area contributed by atoms with Crippen molar-refractivity contribution < 1.29 is 31.1 Å². The van der Waals surface area contributed by atoms with Crippen LogP contribution in [0.15, 0.2) is 12.4 Å². The van der Waals surface area contributed by atoms with E-state index in [-0.39, 0.29) is 24.8 Å². The average Bonchev–Trinajstić information content (AvgIpc) is 2.95. The number of methoxy groups -OCH3 is 1. The summed E-state index contributed by atoms with van der Waals surface area (Å²) in [5, 5.41) is 0. The number of alkyl halides is 3. The molecule has 0 N–H and O–H groups in total. The number of rotatable bonds is 6. The predicted octanol–water partition coefficient (Wildman–Crippen LogP) is 1.22. The second-order valence-corrected chi connectivity index (χ2v) is 7.03. The van der Waals surface area contributed by atoms with Crippen LogP contribution in [0.5, 0.6) is 11.8 Å². The summed E-state index contributed by atoms with van der Waals surface area (Å²) in [6, 6.07) is 0. The summed E-state index contributed by atoms with van der Waals surface area (Å²) >= 11 is 0.